The molecular formula is C24H34N6O2. The van der Waals surface area contributed by atoms with Crippen molar-refractivity contribution in [3.63, 3.8) is 0 Å². The largest absolute Gasteiger partial charge is 0.384 e. The average Bonchev–Trinajstić information content (AvgIpc) is 3.21. The number of amides is 1. The van der Waals surface area contributed by atoms with E-state index in [1.165, 1.54) is 10.1 Å². The van der Waals surface area contributed by atoms with Crippen LogP contribution in [0.1, 0.15) is 44.6 Å². The van der Waals surface area contributed by atoms with E-state index in [9.17, 15) is 9.59 Å². The van der Waals surface area contributed by atoms with Gasteiger partial charge in [0.2, 0.25) is 5.91 Å². The lowest BCUT2D eigenvalue weighted by atomic mass is 10.1. The van der Waals surface area contributed by atoms with Gasteiger partial charge in [0.1, 0.15) is 12.4 Å². The van der Waals surface area contributed by atoms with Gasteiger partial charge in [-0.25, -0.2) is 9.97 Å². The minimum Gasteiger partial charge on any atom is -0.384 e. The highest BCUT2D eigenvalue weighted by molar-refractivity contribution is 5.75. The Morgan fingerprint density at radius 3 is 2.66 bits per heavy atom. The van der Waals surface area contributed by atoms with Gasteiger partial charge in [0.05, 0.1) is 0 Å². The average molecular weight is 439 g/mol. The number of nitrogens with two attached hydrogens (primary N) is 1. The Bertz CT molecular complexity index is 1100. The molecule has 0 aromatic carbocycles. The van der Waals surface area contributed by atoms with Crippen LogP contribution in [0.5, 0.6) is 0 Å². The highest BCUT2D eigenvalue weighted by Gasteiger charge is 2.55. The van der Waals surface area contributed by atoms with E-state index in [4.69, 9.17) is 5.73 Å². The Labute approximate surface area is 189 Å². The van der Waals surface area contributed by atoms with Crippen LogP contribution < -0.4 is 21.9 Å². The normalized spacial score (nSPS) is 18.7. The fraction of sp³-hybridized carbons (Fsp3) is 0.500. The zero-order chi connectivity index (χ0) is 23.6. The second-order valence-electron chi connectivity index (χ2n) is 9.48. The van der Waals surface area contributed by atoms with Gasteiger partial charge < -0.3 is 16.4 Å². The molecule has 0 aliphatic heterocycles. The standard InChI is InChI=1S/C24H34N6O2/c1-14(2)9-18-19(24(18,5)6)12-28-22-23(32)30(15(3)10-27-22)13-21(31)26-11-17-7-8-20(25)29-16(17)4/h7-10,18-19H,11-13H2,1-6H3,(H2,25,29)(H,26,31)(H,27,28)/t18-,19+/m1/s1. The SMILES string of the molecule is CC(C)=C[C@@H]1[C@H](CNc2ncc(C)n(CC(=O)NCc3ccc(N)nc3C)c2=O)C1(C)C. The van der Waals surface area contributed by atoms with Crippen LogP contribution >= 0.6 is 0 Å². The summed E-state index contributed by atoms with van der Waals surface area (Å²) in [7, 11) is 0. The summed E-state index contributed by atoms with van der Waals surface area (Å²) in [6.07, 6.45) is 3.92. The van der Waals surface area contributed by atoms with E-state index in [1.54, 1.807) is 19.2 Å². The summed E-state index contributed by atoms with van der Waals surface area (Å²) in [6, 6.07) is 3.54. The van der Waals surface area contributed by atoms with Crippen molar-refractivity contribution in [2.75, 3.05) is 17.6 Å². The van der Waals surface area contributed by atoms with Crippen molar-refractivity contribution in [1.29, 1.82) is 0 Å². The molecule has 172 valence electrons. The zero-order valence-electron chi connectivity index (χ0n) is 19.8. The van der Waals surface area contributed by atoms with Crippen LogP contribution in [0.25, 0.3) is 0 Å². The van der Waals surface area contributed by atoms with Gasteiger partial charge in [-0.2, -0.15) is 0 Å². The first-order valence-electron chi connectivity index (χ1n) is 10.9. The number of anilines is 2. The molecular weight excluding hydrogens is 404 g/mol. The van der Waals surface area contributed by atoms with E-state index < -0.39 is 0 Å². The van der Waals surface area contributed by atoms with Crippen LogP contribution in [-0.2, 0) is 17.9 Å². The number of nitrogens with one attached hydrogen (secondary N) is 2. The molecule has 1 amide bonds. The summed E-state index contributed by atoms with van der Waals surface area (Å²) >= 11 is 0. The van der Waals surface area contributed by atoms with Crippen LogP contribution in [0.3, 0.4) is 0 Å². The Kier molecular flexibility index (Phi) is 6.71. The van der Waals surface area contributed by atoms with Crippen LogP contribution in [0.4, 0.5) is 11.6 Å². The van der Waals surface area contributed by atoms with Gasteiger partial charge in [-0.1, -0.05) is 31.6 Å². The second kappa shape index (κ2) is 9.14. The molecule has 2 aromatic rings. The fourth-order valence-corrected chi connectivity index (χ4v) is 4.15. The number of carbonyl (C=O) groups is 1. The molecule has 0 bridgehead atoms. The molecule has 0 saturated heterocycles. The zero-order valence-corrected chi connectivity index (χ0v) is 19.8. The van der Waals surface area contributed by atoms with Gasteiger partial charge >= 0.3 is 0 Å². The summed E-state index contributed by atoms with van der Waals surface area (Å²) in [4.78, 5) is 34.0. The molecule has 1 aliphatic carbocycles. The van der Waals surface area contributed by atoms with Crippen molar-refractivity contribution < 1.29 is 4.79 Å². The number of nitrogens with zero attached hydrogens (tertiary/aromatic N) is 3. The number of carbonyl (C=O) groups excluding carboxylic acids is 1. The van der Waals surface area contributed by atoms with Crippen LogP contribution in [0, 0.1) is 31.1 Å². The first-order valence-corrected chi connectivity index (χ1v) is 10.9. The van der Waals surface area contributed by atoms with Gasteiger partial charge in [-0.3, -0.25) is 14.2 Å². The summed E-state index contributed by atoms with van der Waals surface area (Å²) in [5.74, 6) is 1.40. The lowest BCUT2D eigenvalue weighted by molar-refractivity contribution is -0.121. The number of hydrogen-bond donors (Lipinski definition) is 3. The molecule has 3 rings (SSSR count). The van der Waals surface area contributed by atoms with Crippen molar-refractivity contribution in [3.05, 3.63) is 57.3 Å². The number of pyridine rings is 1. The molecule has 8 nitrogen and oxygen atoms in total. The van der Waals surface area contributed by atoms with E-state index in [1.807, 2.05) is 13.0 Å². The lowest BCUT2D eigenvalue weighted by Crippen LogP contribution is -2.35. The molecule has 2 heterocycles. The van der Waals surface area contributed by atoms with Crippen molar-refractivity contribution in [1.82, 2.24) is 19.9 Å². The molecule has 0 spiro atoms. The van der Waals surface area contributed by atoms with E-state index in [-0.39, 0.29) is 29.2 Å². The van der Waals surface area contributed by atoms with Crippen molar-refractivity contribution in [2.24, 2.45) is 17.3 Å². The molecule has 32 heavy (non-hydrogen) atoms. The quantitative estimate of drug-likeness (QED) is 0.546. The number of nitrogen functional groups attached to an aromatic ring is 1. The molecule has 1 aliphatic rings. The maximum absolute atomic E-state index is 13.0. The summed E-state index contributed by atoms with van der Waals surface area (Å²) in [5, 5.41) is 6.07. The predicted octanol–water partition coefficient (Wildman–Crippen LogP) is 2.80. The third kappa shape index (κ3) is 5.18. The third-order valence-electron chi connectivity index (χ3n) is 6.39. The first kappa shape index (κ1) is 23.5. The van der Waals surface area contributed by atoms with Gasteiger partial charge in [-0.15, -0.1) is 0 Å². The Morgan fingerprint density at radius 1 is 1.28 bits per heavy atom. The molecule has 0 unspecified atom stereocenters. The molecule has 2 aromatic heterocycles. The fourth-order valence-electron chi connectivity index (χ4n) is 4.15. The monoisotopic (exact) mass is 438 g/mol. The third-order valence-corrected chi connectivity index (χ3v) is 6.39. The van der Waals surface area contributed by atoms with Crippen molar-refractivity contribution in [2.45, 2.75) is 54.6 Å². The summed E-state index contributed by atoms with van der Waals surface area (Å²) in [5.41, 5.74) is 9.17. The Balaban J connectivity index is 1.64. The minimum absolute atomic E-state index is 0.0708. The van der Waals surface area contributed by atoms with E-state index in [0.717, 1.165) is 11.3 Å². The molecule has 4 N–H and O–H groups in total. The van der Waals surface area contributed by atoms with E-state index in [0.29, 0.717) is 36.4 Å². The molecule has 1 fully saturated rings. The van der Waals surface area contributed by atoms with Gasteiger partial charge in [0.25, 0.3) is 5.56 Å². The number of hydrogen-bond acceptors (Lipinski definition) is 6. The number of allylic oxidation sites excluding steroid dienone is 2. The molecule has 8 heteroatoms. The minimum atomic E-state index is -0.289. The van der Waals surface area contributed by atoms with E-state index in [2.05, 4.69) is 54.4 Å². The van der Waals surface area contributed by atoms with Gasteiger partial charge in [0, 0.05) is 30.7 Å². The topological polar surface area (TPSA) is 115 Å². The van der Waals surface area contributed by atoms with Crippen LogP contribution in [-0.4, -0.2) is 27.0 Å². The lowest BCUT2D eigenvalue weighted by Gasteiger charge is -2.13. The Morgan fingerprint density at radius 2 is 2.00 bits per heavy atom. The number of aryl methyl sites for hydroxylation is 2. The Hall–Kier alpha value is -3.16. The van der Waals surface area contributed by atoms with Crippen molar-refractivity contribution >= 4 is 17.5 Å². The van der Waals surface area contributed by atoms with Crippen LogP contribution in [0.2, 0.25) is 0 Å². The second-order valence-corrected chi connectivity index (χ2v) is 9.48. The molecule has 2 atom stereocenters. The number of aromatic nitrogens is 3. The van der Waals surface area contributed by atoms with Crippen molar-refractivity contribution in [3.8, 4) is 0 Å². The highest BCUT2D eigenvalue weighted by atomic mass is 16.2. The summed E-state index contributed by atoms with van der Waals surface area (Å²) in [6.45, 7) is 13.2. The number of rotatable bonds is 8. The van der Waals surface area contributed by atoms with Gasteiger partial charge in [-0.05, 0) is 56.6 Å². The first-order chi connectivity index (χ1) is 15.0. The predicted molar refractivity (Wildman–Crippen MR) is 127 cm³/mol. The van der Waals surface area contributed by atoms with E-state index >= 15 is 0 Å². The molecule has 0 radical (unpaired) electrons. The maximum atomic E-state index is 13.0. The smallest absolute Gasteiger partial charge is 0.293 e. The van der Waals surface area contributed by atoms with Gasteiger partial charge in [0.15, 0.2) is 5.82 Å². The molecule has 1 saturated carbocycles. The maximum Gasteiger partial charge on any atom is 0.293 e. The summed E-state index contributed by atoms with van der Waals surface area (Å²) < 4.78 is 1.45. The highest BCUT2D eigenvalue weighted by Crippen LogP contribution is 2.59. The van der Waals surface area contributed by atoms with Crippen LogP contribution in [0.15, 0.2) is 34.8 Å².